The average Bonchev–Trinajstić information content (AvgIpc) is 3.59. The van der Waals surface area contributed by atoms with Crippen molar-refractivity contribution in [1.82, 2.24) is 10.2 Å². The standard InChI is InChI=1S/C48H72N2O15/c1-27(2)35-31(24-28-17-18-30(58-21-15-16-34(51)52)25-32(28)60-29-19-22-57-23-20-29)39(50-49-35)65-40-38(64-44(56)48(12,13)14)37(63-43(55)47(9,10)11)36(62-42(54)46(6,7)8)33(61-40)26-59-41(53)45(3,4)5/h17-18,25,27,29,33,36-38,40H,15-16,19-24,26H2,1-14H3,(H,49,50)(H,51,52)/t33-,36-,37+,38-,40+/m1/s1. The lowest BCUT2D eigenvalue weighted by molar-refractivity contribution is -0.294. The fourth-order valence-electron chi connectivity index (χ4n) is 6.46. The second-order valence-electron chi connectivity index (χ2n) is 21.2. The molecular weight excluding hydrogens is 845 g/mol. The molecule has 2 aliphatic heterocycles. The number of esters is 4. The lowest BCUT2D eigenvalue weighted by Crippen LogP contribution is -2.65. The van der Waals surface area contributed by atoms with Crippen LogP contribution < -0.4 is 14.2 Å². The van der Waals surface area contributed by atoms with Crippen LogP contribution in [0.5, 0.6) is 17.4 Å². The van der Waals surface area contributed by atoms with Crippen LogP contribution in [0.1, 0.15) is 145 Å². The van der Waals surface area contributed by atoms with Gasteiger partial charge in [0.2, 0.25) is 18.3 Å². The predicted molar refractivity (Wildman–Crippen MR) is 236 cm³/mol. The summed E-state index contributed by atoms with van der Waals surface area (Å²) < 4.78 is 55.7. The topological polar surface area (TPSA) is 217 Å². The number of ether oxygens (including phenoxy) is 9. The summed E-state index contributed by atoms with van der Waals surface area (Å²) in [6.07, 6.45) is -5.65. The lowest BCUT2D eigenvalue weighted by atomic mass is 9.93. The third-order valence-corrected chi connectivity index (χ3v) is 10.5. The van der Waals surface area contributed by atoms with Gasteiger partial charge in [-0.25, -0.2) is 0 Å². The van der Waals surface area contributed by atoms with Gasteiger partial charge in [-0.3, -0.25) is 29.1 Å². The number of nitrogens with one attached hydrogen (secondary N) is 1. The second kappa shape index (κ2) is 21.6. The molecule has 65 heavy (non-hydrogen) atoms. The minimum atomic E-state index is -1.57. The van der Waals surface area contributed by atoms with E-state index in [1.807, 2.05) is 19.9 Å². The van der Waals surface area contributed by atoms with E-state index in [4.69, 9.17) is 47.7 Å². The highest BCUT2D eigenvalue weighted by molar-refractivity contribution is 5.78. The molecule has 4 rings (SSSR count). The zero-order chi connectivity index (χ0) is 48.7. The number of hydrogen-bond donors (Lipinski definition) is 2. The molecule has 364 valence electrons. The van der Waals surface area contributed by atoms with E-state index in [1.165, 1.54) is 0 Å². The Labute approximate surface area is 383 Å². The number of H-pyrrole nitrogens is 1. The number of hydrogen-bond acceptors (Lipinski definition) is 15. The van der Waals surface area contributed by atoms with Crippen molar-refractivity contribution in [3.8, 4) is 17.4 Å². The molecule has 0 aliphatic carbocycles. The van der Waals surface area contributed by atoms with E-state index in [1.54, 1.807) is 95.2 Å². The zero-order valence-corrected chi connectivity index (χ0v) is 40.7. The number of aromatic nitrogens is 2. The van der Waals surface area contributed by atoms with E-state index >= 15 is 0 Å². The van der Waals surface area contributed by atoms with Crippen molar-refractivity contribution in [3.05, 3.63) is 35.0 Å². The summed E-state index contributed by atoms with van der Waals surface area (Å²) in [5.74, 6) is -2.54. The van der Waals surface area contributed by atoms with Gasteiger partial charge in [-0.05, 0) is 107 Å². The largest absolute Gasteiger partial charge is 0.493 e. The third kappa shape index (κ3) is 15.1. The maximum absolute atomic E-state index is 13.9. The Morgan fingerprint density at radius 1 is 0.769 bits per heavy atom. The van der Waals surface area contributed by atoms with E-state index in [2.05, 4.69) is 10.2 Å². The quantitative estimate of drug-likeness (QED) is 0.0892. The van der Waals surface area contributed by atoms with Gasteiger partial charge >= 0.3 is 29.8 Å². The summed E-state index contributed by atoms with van der Waals surface area (Å²) in [6, 6.07) is 5.43. The molecule has 1 aromatic heterocycles. The zero-order valence-electron chi connectivity index (χ0n) is 40.7. The molecule has 0 radical (unpaired) electrons. The van der Waals surface area contributed by atoms with Crippen LogP contribution in [0, 0.1) is 21.7 Å². The van der Waals surface area contributed by atoms with Gasteiger partial charge < -0.3 is 47.7 Å². The summed E-state index contributed by atoms with van der Waals surface area (Å²) >= 11 is 0. The van der Waals surface area contributed by atoms with Crippen molar-refractivity contribution in [1.29, 1.82) is 0 Å². The highest BCUT2D eigenvalue weighted by atomic mass is 16.7. The molecule has 17 nitrogen and oxygen atoms in total. The molecule has 2 aromatic rings. The van der Waals surface area contributed by atoms with Crippen molar-refractivity contribution in [3.63, 3.8) is 0 Å². The number of carboxylic acids is 1. The number of carbonyl (C=O) groups is 5. The van der Waals surface area contributed by atoms with Gasteiger partial charge in [0, 0.05) is 43.0 Å². The van der Waals surface area contributed by atoms with Crippen molar-refractivity contribution in [2.75, 3.05) is 26.4 Å². The van der Waals surface area contributed by atoms with Crippen LogP contribution in [0.3, 0.4) is 0 Å². The van der Waals surface area contributed by atoms with E-state index in [0.717, 1.165) is 5.56 Å². The Kier molecular flexibility index (Phi) is 17.5. The van der Waals surface area contributed by atoms with Crippen LogP contribution in [0.15, 0.2) is 18.2 Å². The van der Waals surface area contributed by atoms with Crippen LogP contribution in [0.2, 0.25) is 0 Å². The fourth-order valence-corrected chi connectivity index (χ4v) is 6.46. The first-order valence-corrected chi connectivity index (χ1v) is 22.5. The Bertz CT molecular complexity index is 1960. The molecule has 1 aromatic carbocycles. The number of aliphatic carboxylic acids is 1. The number of benzene rings is 1. The Morgan fingerprint density at radius 3 is 1.86 bits per heavy atom. The molecule has 0 spiro atoms. The SMILES string of the molecule is CC(C)c1[nH]nc(O[C@@H]2O[C@H](COC(=O)C(C)(C)C)[C@@H](OC(=O)C(C)(C)C)[C@H](OC(=O)C(C)(C)C)[C@H]2OC(=O)C(C)(C)C)c1Cc1ccc(OCCCC(=O)O)cc1OC1CCOCC1. The normalized spacial score (nSPS) is 21.0. The second-order valence-corrected chi connectivity index (χ2v) is 21.2. The Balaban J connectivity index is 1.86. The van der Waals surface area contributed by atoms with Gasteiger partial charge in [-0.1, -0.05) is 19.9 Å². The maximum atomic E-state index is 13.9. The predicted octanol–water partition coefficient (Wildman–Crippen LogP) is 7.49. The Morgan fingerprint density at radius 2 is 1.32 bits per heavy atom. The highest BCUT2D eigenvalue weighted by Gasteiger charge is 2.56. The molecule has 2 N–H and O–H groups in total. The van der Waals surface area contributed by atoms with Crippen molar-refractivity contribution >= 4 is 29.8 Å². The molecular formula is C48H72N2O15. The Hall–Kier alpha value is -4.90. The molecule has 0 bridgehead atoms. The summed E-state index contributed by atoms with van der Waals surface area (Å²) in [6.45, 7) is 24.7. The first-order chi connectivity index (χ1) is 30.1. The fraction of sp³-hybridized carbons (Fsp3) is 0.708. The van der Waals surface area contributed by atoms with Crippen molar-refractivity contribution in [2.24, 2.45) is 21.7 Å². The van der Waals surface area contributed by atoms with E-state index in [9.17, 15) is 24.0 Å². The van der Waals surface area contributed by atoms with Crippen molar-refractivity contribution in [2.45, 2.75) is 172 Å². The number of aromatic amines is 1. The summed E-state index contributed by atoms with van der Waals surface area (Å²) in [5.41, 5.74) is -2.00. The summed E-state index contributed by atoms with van der Waals surface area (Å²) in [5, 5.41) is 16.8. The van der Waals surface area contributed by atoms with Gasteiger partial charge in [0.1, 0.15) is 30.3 Å². The molecule has 5 atom stereocenters. The number of carbonyl (C=O) groups excluding carboxylic acids is 4. The van der Waals surface area contributed by atoms with Crippen LogP contribution in [0.25, 0.3) is 0 Å². The molecule has 0 unspecified atom stereocenters. The maximum Gasteiger partial charge on any atom is 0.311 e. The number of rotatable bonds is 17. The van der Waals surface area contributed by atoms with Crippen molar-refractivity contribution < 1.29 is 71.7 Å². The van der Waals surface area contributed by atoms with Gasteiger partial charge in [-0.2, -0.15) is 0 Å². The van der Waals surface area contributed by atoms with E-state index in [0.29, 0.717) is 55.2 Å². The van der Waals surface area contributed by atoms with E-state index < -0.39 is 88.8 Å². The third-order valence-electron chi connectivity index (χ3n) is 10.5. The first-order valence-electron chi connectivity index (χ1n) is 22.5. The minimum absolute atomic E-state index is 0.0307. The first kappa shape index (κ1) is 52.7. The molecule has 2 aliphatic rings. The number of nitrogens with zero attached hydrogens (tertiary/aromatic N) is 1. The van der Waals surface area contributed by atoms with Crippen LogP contribution in [0.4, 0.5) is 0 Å². The van der Waals surface area contributed by atoms with Gasteiger partial charge in [-0.15, -0.1) is 5.10 Å². The molecule has 17 heteroatoms. The molecule has 2 fully saturated rings. The van der Waals surface area contributed by atoms with E-state index in [-0.39, 0.29) is 37.4 Å². The summed E-state index contributed by atoms with van der Waals surface area (Å²) in [4.78, 5) is 65.7. The van der Waals surface area contributed by atoms with Crippen LogP contribution in [-0.4, -0.2) is 108 Å². The smallest absolute Gasteiger partial charge is 0.311 e. The van der Waals surface area contributed by atoms with Crippen LogP contribution >= 0.6 is 0 Å². The molecule has 0 amide bonds. The average molecular weight is 917 g/mol. The molecule has 0 saturated carbocycles. The van der Waals surface area contributed by atoms with Gasteiger partial charge in [0.15, 0.2) is 12.2 Å². The van der Waals surface area contributed by atoms with Gasteiger partial charge in [0.05, 0.1) is 41.5 Å². The minimum Gasteiger partial charge on any atom is -0.493 e. The molecule has 3 heterocycles. The summed E-state index contributed by atoms with van der Waals surface area (Å²) in [7, 11) is 0. The highest BCUT2D eigenvalue weighted by Crippen LogP contribution is 2.38. The number of carboxylic acid groups (broad SMARTS) is 1. The monoisotopic (exact) mass is 916 g/mol. The lowest BCUT2D eigenvalue weighted by Gasteiger charge is -2.45. The molecule has 2 saturated heterocycles. The van der Waals surface area contributed by atoms with Gasteiger partial charge in [0.25, 0.3) is 0 Å². The van der Waals surface area contributed by atoms with Crippen LogP contribution in [-0.2, 0) is 58.8 Å².